The Hall–Kier alpha value is -2.10. The zero-order chi connectivity index (χ0) is 17.0. The van der Waals surface area contributed by atoms with Crippen LogP contribution in [0.2, 0.25) is 0 Å². The molecule has 7 nitrogen and oxygen atoms in total. The van der Waals surface area contributed by atoms with Crippen LogP contribution in [-0.4, -0.2) is 36.7 Å². The van der Waals surface area contributed by atoms with Crippen molar-refractivity contribution in [1.29, 1.82) is 5.26 Å². The van der Waals surface area contributed by atoms with Crippen molar-refractivity contribution in [2.24, 2.45) is 22.7 Å². The summed E-state index contributed by atoms with van der Waals surface area (Å²) in [7, 11) is 0. The molecule has 7 heteroatoms. The predicted octanol–water partition coefficient (Wildman–Crippen LogP) is 0.963. The van der Waals surface area contributed by atoms with E-state index in [1.807, 2.05) is 0 Å². The molecule has 5 unspecified atom stereocenters. The molecule has 1 aliphatic heterocycles. The Kier molecular flexibility index (Phi) is 3.40. The molecule has 0 radical (unpaired) electrons. The fourth-order valence-corrected chi connectivity index (χ4v) is 3.81. The van der Waals surface area contributed by atoms with E-state index in [-0.39, 0.29) is 11.8 Å². The van der Waals surface area contributed by atoms with Crippen molar-refractivity contribution in [2.45, 2.75) is 45.8 Å². The van der Waals surface area contributed by atoms with E-state index in [0.29, 0.717) is 12.8 Å². The Morgan fingerprint density at radius 2 is 2.13 bits per heavy atom. The minimum absolute atomic E-state index is 0.0571. The molecule has 5 atom stereocenters. The molecule has 0 aromatic carbocycles. The van der Waals surface area contributed by atoms with Gasteiger partial charge in [0.15, 0.2) is 12.0 Å². The highest BCUT2D eigenvalue weighted by Gasteiger charge is 2.72. The van der Waals surface area contributed by atoms with Gasteiger partial charge in [-0.1, -0.05) is 0 Å². The Labute approximate surface area is 133 Å². The summed E-state index contributed by atoms with van der Waals surface area (Å²) in [6, 6.07) is 2.10. The molecule has 1 heterocycles. The number of hydrogen-bond donors (Lipinski definition) is 0. The van der Waals surface area contributed by atoms with Crippen molar-refractivity contribution in [3.8, 4) is 6.07 Å². The Bertz CT molecular complexity index is 615. The lowest BCUT2D eigenvalue weighted by Gasteiger charge is -2.27. The van der Waals surface area contributed by atoms with Gasteiger partial charge in [-0.05, 0) is 33.6 Å². The van der Waals surface area contributed by atoms with E-state index in [9.17, 15) is 19.6 Å². The zero-order valence-corrected chi connectivity index (χ0v) is 13.3. The average Bonchev–Trinajstić information content (AvgIpc) is 3.05. The quantitative estimate of drug-likeness (QED) is 0.563. The minimum Gasteiger partial charge on any atom is -0.457 e. The van der Waals surface area contributed by atoms with E-state index in [2.05, 4.69) is 6.07 Å². The van der Waals surface area contributed by atoms with E-state index in [4.69, 9.17) is 14.2 Å². The zero-order valence-electron chi connectivity index (χ0n) is 13.3. The topological polar surface area (TPSA) is 103 Å². The largest absolute Gasteiger partial charge is 0.457 e. The molecule has 0 amide bonds. The second kappa shape index (κ2) is 4.95. The van der Waals surface area contributed by atoms with Crippen LogP contribution in [0.4, 0.5) is 0 Å². The number of nitriles is 1. The van der Waals surface area contributed by atoms with Crippen molar-refractivity contribution in [2.75, 3.05) is 6.61 Å². The molecular formula is C16H19NO6. The highest BCUT2D eigenvalue weighted by Crippen LogP contribution is 2.62. The maximum Gasteiger partial charge on any atom is 0.344 e. The van der Waals surface area contributed by atoms with Crippen molar-refractivity contribution in [1.82, 2.24) is 0 Å². The summed E-state index contributed by atoms with van der Waals surface area (Å²) in [5, 5.41) is 9.31. The number of esters is 3. The number of rotatable bonds is 3. The molecule has 124 valence electrons. The number of fused-ring (bicyclic) bond motifs is 1. The summed E-state index contributed by atoms with van der Waals surface area (Å²) < 4.78 is 15.6. The molecule has 3 aliphatic rings. The molecule has 2 aliphatic carbocycles. The SMILES string of the molecule is CC(C)(C)C(=O)OCC(=O)OC1C2CC3C1OC(=O)C3(C#N)C2. The van der Waals surface area contributed by atoms with Gasteiger partial charge in [-0.25, -0.2) is 4.79 Å². The molecule has 0 aromatic rings. The fourth-order valence-electron chi connectivity index (χ4n) is 3.81. The summed E-state index contributed by atoms with van der Waals surface area (Å²) in [5.41, 5.74) is -1.75. The fraction of sp³-hybridized carbons (Fsp3) is 0.750. The van der Waals surface area contributed by atoms with E-state index in [1.54, 1.807) is 20.8 Å². The first-order chi connectivity index (χ1) is 10.7. The van der Waals surface area contributed by atoms with E-state index in [1.165, 1.54) is 0 Å². The second-order valence-corrected chi connectivity index (χ2v) is 7.54. The van der Waals surface area contributed by atoms with Gasteiger partial charge in [0.2, 0.25) is 0 Å². The second-order valence-electron chi connectivity index (χ2n) is 7.54. The average molecular weight is 321 g/mol. The third-order valence-corrected chi connectivity index (χ3v) is 4.97. The van der Waals surface area contributed by atoms with Gasteiger partial charge >= 0.3 is 17.9 Å². The van der Waals surface area contributed by atoms with Crippen LogP contribution in [0.15, 0.2) is 0 Å². The first-order valence-electron chi connectivity index (χ1n) is 7.68. The number of carbonyl (C=O) groups excluding carboxylic acids is 3. The van der Waals surface area contributed by atoms with Crippen LogP contribution in [0.25, 0.3) is 0 Å². The summed E-state index contributed by atoms with van der Waals surface area (Å²) in [6.07, 6.45) is -0.0932. The third-order valence-electron chi connectivity index (χ3n) is 4.97. The standard InChI is InChI=1S/C16H19NO6/c1-15(2,3)13(19)21-6-10(18)22-11-8-4-9-12(11)23-14(20)16(9,5-8)7-17/h8-9,11-12H,4-6H2,1-3H3. The lowest BCUT2D eigenvalue weighted by Crippen LogP contribution is -2.40. The first kappa shape index (κ1) is 15.8. The highest BCUT2D eigenvalue weighted by molar-refractivity contribution is 5.84. The van der Waals surface area contributed by atoms with Gasteiger partial charge in [0, 0.05) is 11.8 Å². The number of hydrogen-bond acceptors (Lipinski definition) is 7. The number of ether oxygens (including phenoxy) is 3. The van der Waals surface area contributed by atoms with Crippen LogP contribution in [0.1, 0.15) is 33.6 Å². The molecule has 2 bridgehead atoms. The summed E-state index contributed by atoms with van der Waals surface area (Å²) in [4.78, 5) is 35.5. The molecule has 0 aromatic heterocycles. The molecule has 0 N–H and O–H groups in total. The smallest absolute Gasteiger partial charge is 0.344 e. The van der Waals surface area contributed by atoms with E-state index >= 15 is 0 Å². The Balaban J connectivity index is 1.59. The van der Waals surface area contributed by atoms with Gasteiger partial charge in [-0.3, -0.25) is 9.59 Å². The van der Waals surface area contributed by atoms with Crippen LogP contribution < -0.4 is 0 Å². The lowest BCUT2D eigenvalue weighted by atomic mass is 9.75. The Morgan fingerprint density at radius 3 is 2.74 bits per heavy atom. The molecule has 2 saturated carbocycles. The Morgan fingerprint density at radius 1 is 1.43 bits per heavy atom. The molecule has 3 rings (SSSR count). The van der Waals surface area contributed by atoms with Crippen molar-refractivity contribution < 1.29 is 28.6 Å². The van der Waals surface area contributed by atoms with Crippen LogP contribution >= 0.6 is 0 Å². The molecule has 0 spiro atoms. The molecule has 3 fully saturated rings. The minimum atomic E-state index is -1.06. The maximum absolute atomic E-state index is 11.9. The van der Waals surface area contributed by atoms with Crippen molar-refractivity contribution in [3.05, 3.63) is 0 Å². The van der Waals surface area contributed by atoms with Crippen LogP contribution in [0, 0.1) is 34.0 Å². The monoisotopic (exact) mass is 321 g/mol. The lowest BCUT2D eigenvalue weighted by molar-refractivity contribution is -0.172. The van der Waals surface area contributed by atoms with E-state index in [0.717, 1.165) is 0 Å². The summed E-state index contributed by atoms with van der Waals surface area (Å²) in [6.45, 7) is 4.61. The van der Waals surface area contributed by atoms with Crippen molar-refractivity contribution in [3.63, 3.8) is 0 Å². The maximum atomic E-state index is 11.9. The van der Waals surface area contributed by atoms with Crippen LogP contribution in [-0.2, 0) is 28.6 Å². The predicted molar refractivity (Wildman–Crippen MR) is 74.4 cm³/mol. The van der Waals surface area contributed by atoms with E-state index < -0.39 is 47.6 Å². The van der Waals surface area contributed by atoms with Gasteiger partial charge in [-0.2, -0.15) is 5.26 Å². The summed E-state index contributed by atoms with van der Waals surface area (Å²) >= 11 is 0. The third kappa shape index (κ3) is 2.28. The van der Waals surface area contributed by atoms with Gasteiger partial charge in [-0.15, -0.1) is 0 Å². The number of carbonyl (C=O) groups is 3. The number of nitrogens with zero attached hydrogens (tertiary/aromatic N) is 1. The van der Waals surface area contributed by atoms with Crippen LogP contribution in [0.5, 0.6) is 0 Å². The normalized spacial score (nSPS) is 37.2. The van der Waals surface area contributed by atoms with Crippen molar-refractivity contribution >= 4 is 17.9 Å². The first-order valence-corrected chi connectivity index (χ1v) is 7.68. The van der Waals surface area contributed by atoms with Gasteiger partial charge < -0.3 is 14.2 Å². The molecule has 23 heavy (non-hydrogen) atoms. The molecule has 1 saturated heterocycles. The van der Waals surface area contributed by atoms with Gasteiger partial charge in [0.1, 0.15) is 12.2 Å². The van der Waals surface area contributed by atoms with Gasteiger partial charge in [0.05, 0.1) is 11.5 Å². The van der Waals surface area contributed by atoms with Gasteiger partial charge in [0.25, 0.3) is 0 Å². The summed E-state index contributed by atoms with van der Waals surface area (Å²) in [5.74, 6) is -1.92. The molecular weight excluding hydrogens is 302 g/mol. The highest BCUT2D eigenvalue weighted by atomic mass is 16.6. The van der Waals surface area contributed by atoms with Crippen LogP contribution in [0.3, 0.4) is 0 Å².